The van der Waals surface area contributed by atoms with Crippen LogP contribution in [0.3, 0.4) is 0 Å². The van der Waals surface area contributed by atoms with E-state index < -0.39 is 0 Å². The Hall–Kier alpha value is -3.60. The van der Waals surface area contributed by atoms with Crippen molar-refractivity contribution in [3.63, 3.8) is 0 Å². The largest absolute Gasteiger partial charge is 0.497 e. The Labute approximate surface area is 188 Å². The molecule has 1 amide bonds. The number of aromatic nitrogens is 1. The molecule has 4 rings (SSSR count). The molecule has 0 saturated carbocycles. The number of hydrogen-bond acceptors (Lipinski definition) is 4. The van der Waals surface area contributed by atoms with Crippen LogP contribution in [0.1, 0.15) is 44.1 Å². The molecule has 164 valence electrons. The molecule has 5 nitrogen and oxygen atoms in total. The molecule has 1 aromatic heterocycles. The van der Waals surface area contributed by atoms with Gasteiger partial charge >= 0.3 is 0 Å². The van der Waals surface area contributed by atoms with Gasteiger partial charge in [0.2, 0.25) is 5.89 Å². The van der Waals surface area contributed by atoms with Crippen LogP contribution in [0.25, 0.3) is 11.1 Å². The summed E-state index contributed by atoms with van der Waals surface area (Å²) >= 11 is 0. The van der Waals surface area contributed by atoms with Crippen LogP contribution in [0.5, 0.6) is 5.75 Å². The summed E-state index contributed by atoms with van der Waals surface area (Å²) in [5.74, 6) is 1.27. The fourth-order valence-corrected chi connectivity index (χ4v) is 4.14. The summed E-state index contributed by atoms with van der Waals surface area (Å²) in [6.45, 7) is 8.76. The first-order valence-corrected chi connectivity index (χ1v) is 10.7. The third-order valence-corrected chi connectivity index (χ3v) is 5.62. The first-order valence-electron chi connectivity index (χ1n) is 10.7. The van der Waals surface area contributed by atoms with Crippen molar-refractivity contribution in [1.82, 2.24) is 9.88 Å². The van der Waals surface area contributed by atoms with Crippen molar-refractivity contribution in [3.8, 4) is 5.75 Å². The molecular formula is C27H28N2O3. The molecule has 0 atom stereocenters. The second-order valence-electron chi connectivity index (χ2n) is 8.36. The molecule has 0 fully saturated rings. The summed E-state index contributed by atoms with van der Waals surface area (Å²) in [5, 5.41) is 0. The Morgan fingerprint density at radius 1 is 0.906 bits per heavy atom. The van der Waals surface area contributed by atoms with E-state index in [4.69, 9.17) is 9.15 Å². The van der Waals surface area contributed by atoms with Crippen molar-refractivity contribution in [2.75, 3.05) is 7.11 Å². The molecule has 5 heteroatoms. The normalized spacial score (nSPS) is 11.0. The maximum atomic E-state index is 13.7. The number of amides is 1. The van der Waals surface area contributed by atoms with E-state index in [0.29, 0.717) is 12.4 Å². The number of fused-ring (bicyclic) bond motifs is 1. The van der Waals surface area contributed by atoms with Gasteiger partial charge < -0.3 is 14.1 Å². The van der Waals surface area contributed by atoms with E-state index in [1.807, 2.05) is 82.3 Å². The highest BCUT2D eigenvalue weighted by Crippen LogP contribution is 2.24. The highest BCUT2D eigenvalue weighted by Gasteiger charge is 2.23. The zero-order valence-electron chi connectivity index (χ0n) is 19.2. The molecule has 0 N–H and O–H groups in total. The minimum absolute atomic E-state index is 0.0331. The lowest BCUT2D eigenvalue weighted by atomic mass is 9.98. The molecule has 4 aromatic rings. The smallest absolute Gasteiger partial charge is 0.255 e. The van der Waals surface area contributed by atoms with Crippen molar-refractivity contribution in [2.24, 2.45) is 0 Å². The van der Waals surface area contributed by atoms with E-state index in [1.165, 1.54) is 0 Å². The van der Waals surface area contributed by atoms with Gasteiger partial charge in [0.15, 0.2) is 5.58 Å². The zero-order valence-corrected chi connectivity index (χ0v) is 19.2. The number of hydrogen-bond donors (Lipinski definition) is 0. The van der Waals surface area contributed by atoms with Crippen molar-refractivity contribution < 1.29 is 13.9 Å². The van der Waals surface area contributed by atoms with Crippen molar-refractivity contribution in [1.29, 1.82) is 0 Å². The average Bonchev–Trinajstić information content (AvgIpc) is 3.14. The summed E-state index contributed by atoms with van der Waals surface area (Å²) in [7, 11) is 1.64. The molecule has 0 radical (unpaired) electrons. The lowest BCUT2D eigenvalue weighted by Crippen LogP contribution is -2.31. The predicted octanol–water partition coefficient (Wildman–Crippen LogP) is 5.91. The summed E-state index contributed by atoms with van der Waals surface area (Å²) in [5.41, 5.74) is 7.48. The van der Waals surface area contributed by atoms with E-state index in [1.54, 1.807) is 12.0 Å². The minimum atomic E-state index is -0.0331. The molecule has 0 aliphatic rings. The second-order valence-corrected chi connectivity index (χ2v) is 8.36. The van der Waals surface area contributed by atoms with Crippen LogP contribution in [-0.2, 0) is 13.1 Å². The summed E-state index contributed by atoms with van der Waals surface area (Å²) in [4.78, 5) is 20.2. The quantitative estimate of drug-likeness (QED) is 0.383. The molecule has 0 saturated heterocycles. The standard InChI is InChI=1S/C27H28N2O3/c1-17-6-11-24-23(14-17)28-25(32-24)16-29(15-21-7-9-22(31-5)10-8-21)27(30)26-19(3)12-18(2)13-20(26)4/h6-14H,15-16H2,1-5H3. The Kier molecular flexibility index (Phi) is 5.99. The number of methoxy groups -OCH3 is 1. The Morgan fingerprint density at radius 2 is 1.59 bits per heavy atom. The zero-order chi connectivity index (χ0) is 22.8. The van der Waals surface area contributed by atoms with Gasteiger partial charge in [-0.15, -0.1) is 0 Å². The van der Waals surface area contributed by atoms with Crippen molar-refractivity contribution in [3.05, 3.63) is 93.9 Å². The molecule has 0 bridgehead atoms. The number of aryl methyl sites for hydroxylation is 4. The number of carbonyl (C=O) groups is 1. The van der Waals surface area contributed by atoms with Crippen LogP contribution in [0.4, 0.5) is 0 Å². The van der Waals surface area contributed by atoms with Gasteiger partial charge in [0.25, 0.3) is 5.91 Å². The van der Waals surface area contributed by atoms with Gasteiger partial charge in [-0.05, 0) is 74.2 Å². The van der Waals surface area contributed by atoms with E-state index >= 15 is 0 Å². The third-order valence-electron chi connectivity index (χ3n) is 5.62. The van der Waals surface area contributed by atoms with Gasteiger partial charge in [-0.3, -0.25) is 4.79 Å². The monoisotopic (exact) mass is 428 g/mol. The highest BCUT2D eigenvalue weighted by atomic mass is 16.5. The van der Waals surface area contributed by atoms with Gasteiger partial charge in [-0.25, -0.2) is 4.98 Å². The summed E-state index contributed by atoms with van der Waals surface area (Å²) < 4.78 is 11.2. The van der Waals surface area contributed by atoms with Crippen LogP contribution in [0.15, 0.2) is 59.0 Å². The van der Waals surface area contributed by atoms with Crippen molar-refractivity contribution >= 4 is 17.0 Å². The van der Waals surface area contributed by atoms with Crippen LogP contribution in [0, 0.1) is 27.7 Å². The molecule has 0 aliphatic carbocycles. The third kappa shape index (κ3) is 4.52. The maximum Gasteiger partial charge on any atom is 0.255 e. The number of nitrogens with zero attached hydrogens (tertiary/aromatic N) is 2. The highest BCUT2D eigenvalue weighted by molar-refractivity contribution is 5.97. The summed E-state index contributed by atoms with van der Waals surface area (Å²) in [6.07, 6.45) is 0. The fraction of sp³-hybridized carbons (Fsp3) is 0.259. The Morgan fingerprint density at radius 3 is 2.25 bits per heavy atom. The van der Waals surface area contributed by atoms with E-state index in [9.17, 15) is 4.79 Å². The molecular weight excluding hydrogens is 400 g/mol. The molecule has 1 heterocycles. The number of benzene rings is 3. The molecule has 0 spiro atoms. The van der Waals surface area contributed by atoms with E-state index in [2.05, 4.69) is 4.98 Å². The fourth-order valence-electron chi connectivity index (χ4n) is 4.14. The SMILES string of the molecule is COc1ccc(CN(Cc2nc3cc(C)ccc3o2)C(=O)c2c(C)cc(C)cc2C)cc1. The lowest BCUT2D eigenvalue weighted by molar-refractivity contribution is 0.0714. The van der Waals surface area contributed by atoms with Gasteiger partial charge in [0.1, 0.15) is 11.3 Å². The van der Waals surface area contributed by atoms with Gasteiger partial charge in [-0.1, -0.05) is 35.9 Å². The van der Waals surface area contributed by atoms with E-state index in [-0.39, 0.29) is 12.5 Å². The number of oxazole rings is 1. The number of ether oxygens (including phenoxy) is 1. The van der Waals surface area contributed by atoms with Gasteiger partial charge in [0, 0.05) is 12.1 Å². The van der Waals surface area contributed by atoms with Gasteiger partial charge in [-0.2, -0.15) is 0 Å². The number of rotatable bonds is 6. The minimum Gasteiger partial charge on any atom is -0.497 e. The second kappa shape index (κ2) is 8.87. The molecule has 0 unspecified atom stereocenters. The average molecular weight is 429 g/mol. The van der Waals surface area contributed by atoms with Crippen LogP contribution < -0.4 is 4.74 Å². The Balaban J connectivity index is 1.70. The topological polar surface area (TPSA) is 55.6 Å². The summed E-state index contributed by atoms with van der Waals surface area (Å²) in [6, 6.07) is 17.8. The molecule has 0 aliphatic heterocycles. The van der Waals surface area contributed by atoms with Gasteiger partial charge in [0.05, 0.1) is 13.7 Å². The van der Waals surface area contributed by atoms with Crippen LogP contribution in [0.2, 0.25) is 0 Å². The van der Waals surface area contributed by atoms with Crippen LogP contribution >= 0.6 is 0 Å². The van der Waals surface area contributed by atoms with Crippen molar-refractivity contribution in [2.45, 2.75) is 40.8 Å². The molecule has 32 heavy (non-hydrogen) atoms. The first-order chi connectivity index (χ1) is 15.3. The Bertz CT molecular complexity index is 1250. The number of carbonyl (C=O) groups excluding carboxylic acids is 1. The maximum absolute atomic E-state index is 13.7. The first kappa shape index (κ1) is 21.6. The predicted molar refractivity (Wildman–Crippen MR) is 126 cm³/mol. The van der Waals surface area contributed by atoms with Crippen LogP contribution in [-0.4, -0.2) is 22.9 Å². The molecule has 3 aromatic carbocycles. The lowest BCUT2D eigenvalue weighted by Gasteiger charge is -2.24. The van der Waals surface area contributed by atoms with E-state index in [0.717, 1.165) is 50.2 Å².